The van der Waals surface area contributed by atoms with Crippen molar-refractivity contribution in [3.63, 3.8) is 0 Å². The zero-order valence-corrected chi connectivity index (χ0v) is 25.1. The number of carbonyl (C=O) groups excluding carboxylic acids is 3. The van der Waals surface area contributed by atoms with E-state index < -0.39 is 43.4 Å². The molecular weight excluding hydrogens is 503 g/mol. The minimum absolute atomic E-state index is 0.00732. The van der Waals surface area contributed by atoms with Gasteiger partial charge >= 0.3 is 20.5 Å². The molecule has 216 valence electrons. The van der Waals surface area contributed by atoms with Gasteiger partial charge in [-0.15, -0.1) is 0 Å². The number of hydrogen-bond acceptors (Lipinski definition) is 10. The van der Waals surface area contributed by atoms with Gasteiger partial charge in [0.15, 0.2) is 0 Å². The van der Waals surface area contributed by atoms with Gasteiger partial charge in [-0.2, -0.15) is 0 Å². The number of oxime groups is 1. The number of nitrogens with one attached hydrogen (secondary N) is 1. The number of nitrogens with zero attached hydrogens (tertiary/aromatic N) is 1. The molecule has 1 amide bonds. The third kappa shape index (κ3) is 15.3. The van der Waals surface area contributed by atoms with Gasteiger partial charge < -0.3 is 24.2 Å². The highest BCUT2D eigenvalue weighted by Crippen LogP contribution is 2.44. The summed E-state index contributed by atoms with van der Waals surface area (Å²) in [4.78, 5) is 42.0. The summed E-state index contributed by atoms with van der Waals surface area (Å²) in [5, 5.41) is 6.63. The molecule has 0 aromatic heterocycles. The van der Waals surface area contributed by atoms with Gasteiger partial charge in [-0.1, -0.05) is 39.8 Å². The second-order valence-electron chi connectivity index (χ2n) is 10.2. The lowest BCUT2D eigenvalue weighted by Gasteiger charge is -2.31. The van der Waals surface area contributed by atoms with E-state index in [1.54, 1.807) is 27.7 Å². The van der Waals surface area contributed by atoms with Crippen molar-refractivity contribution < 1.29 is 42.3 Å². The lowest BCUT2D eigenvalue weighted by atomic mass is 9.88. The lowest BCUT2D eigenvalue weighted by Crippen LogP contribution is -2.44. The SMILES string of the molecule is CC.CCOP(OCOC(=O)C(C)(C)C)OC(C(=O)NCCC(=O)OCC1=NOC(C)CC1)C(C)(C)C. The van der Waals surface area contributed by atoms with Crippen molar-refractivity contribution in [1.29, 1.82) is 0 Å². The molecule has 0 spiro atoms. The van der Waals surface area contributed by atoms with Gasteiger partial charge in [0.1, 0.15) is 18.8 Å². The molecule has 0 radical (unpaired) electrons. The van der Waals surface area contributed by atoms with Crippen LogP contribution in [-0.4, -0.2) is 62.3 Å². The zero-order chi connectivity index (χ0) is 28.6. The molecular formula is C25H47N2O9P. The fourth-order valence-electron chi connectivity index (χ4n) is 2.58. The first-order chi connectivity index (χ1) is 17.2. The Balaban J connectivity index is 0.00000631. The summed E-state index contributed by atoms with van der Waals surface area (Å²) in [6.07, 6.45) is 0.664. The summed E-state index contributed by atoms with van der Waals surface area (Å²) in [7, 11) is -1.96. The molecule has 3 atom stereocenters. The highest BCUT2D eigenvalue weighted by atomic mass is 31.2. The van der Waals surface area contributed by atoms with Crippen molar-refractivity contribution in [2.75, 3.05) is 26.6 Å². The Morgan fingerprint density at radius 3 is 2.27 bits per heavy atom. The molecule has 1 rings (SSSR count). The van der Waals surface area contributed by atoms with Gasteiger partial charge in [-0.3, -0.25) is 23.4 Å². The second kappa shape index (κ2) is 17.7. The van der Waals surface area contributed by atoms with Crippen LogP contribution in [-0.2, 0) is 42.3 Å². The predicted molar refractivity (Wildman–Crippen MR) is 142 cm³/mol. The summed E-state index contributed by atoms with van der Waals surface area (Å²) < 4.78 is 27.1. The van der Waals surface area contributed by atoms with Crippen LogP contribution in [0.4, 0.5) is 0 Å². The number of hydrogen-bond donors (Lipinski definition) is 1. The van der Waals surface area contributed by atoms with Crippen LogP contribution < -0.4 is 5.32 Å². The van der Waals surface area contributed by atoms with E-state index >= 15 is 0 Å². The number of esters is 2. The summed E-state index contributed by atoms with van der Waals surface area (Å²) >= 11 is 0. The molecule has 0 aliphatic carbocycles. The van der Waals surface area contributed by atoms with E-state index in [-0.39, 0.29) is 39.1 Å². The van der Waals surface area contributed by atoms with Gasteiger partial charge in [0, 0.05) is 6.54 Å². The Labute approximate surface area is 223 Å². The summed E-state index contributed by atoms with van der Waals surface area (Å²) in [5.41, 5.74) is -0.604. The predicted octanol–water partition coefficient (Wildman–Crippen LogP) is 4.88. The third-order valence-electron chi connectivity index (χ3n) is 4.64. The van der Waals surface area contributed by atoms with E-state index in [4.69, 9.17) is 27.9 Å². The lowest BCUT2D eigenvalue weighted by molar-refractivity contribution is -0.160. The van der Waals surface area contributed by atoms with Crippen LogP contribution in [0.2, 0.25) is 0 Å². The molecule has 12 heteroatoms. The van der Waals surface area contributed by atoms with Crippen molar-refractivity contribution in [2.24, 2.45) is 16.0 Å². The highest BCUT2D eigenvalue weighted by molar-refractivity contribution is 7.41. The standard InChI is InChI=1S/C23H41N2O9P.C2H6/c1-9-31-35(32-15-30-21(28)23(6,7)8)34-19(22(3,4)5)20(27)24-13-12-18(26)29-14-17-11-10-16(2)33-25-17;1-2/h16,19H,9-15H2,1-8H3,(H,24,27);1-2H3. The maximum atomic E-state index is 12.9. The minimum atomic E-state index is -1.96. The molecule has 11 nitrogen and oxygen atoms in total. The van der Waals surface area contributed by atoms with Crippen molar-refractivity contribution >= 4 is 32.2 Å². The van der Waals surface area contributed by atoms with Crippen LogP contribution >= 0.6 is 8.60 Å². The molecule has 1 aliphatic rings. The highest BCUT2D eigenvalue weighted by Gasteiger charge is 2.36. The topological polar surface area (TPSA) is 131 Å². The molecule has 0 aromatic carbocycles. The minimum Gasteiger partial charge on any atom is -0.459 e. The van der Waals surface area contributed by atoms with E-state index in [0.717, 1.165) is 12.8 Å². The Kier molecular flexibility index (Phi) is 16.8. The largest absolute Gasteiger partial charge is 0.459 e. The van der Waals surface area contributed by atoms with Crippen LogP contribution in [0.3, 0.4) is 0 Å². The Morgan fingerprint density at radius 1 is 1.11 bits per heavy atom. The van der Waals surface area contributed by atoms with Gasteiger partial charge in [0.2, 0.25) is 12.7 Å². The van der Waals surface area contributed by atoms with E-state index in [2.05, 4.69) is 10.5 Å². The van der Waals surface area contributed by atoms with Gasteiger partial charge in [-0.05, 0) is 52.9 Å². The molecule has 0 aromatic rings. The van der Waals surface area contributed by atoms with Gasteiger partial charge in [0.25, 0.3) is 0 Å². The van der Waals surface area contributed by atoms with Crippen LogP contribution in [0.1, 0.15) is 88.5 Å². The monoisotopic (exact) mass is 550 g/mol. The Hall–Kier alpha value is -1.81. The van der Waals surface area contributed by atoms with Crippen LogP contribution in [0, 0.1) is 10.8 Å². The average Bonchev–Trinajstić information content (AvgIpc) is 2.81. The maximum absolute atomic E-state index is 12.9. The van der Waals surface area contributed by atoms with E-state index in [1.165, 1.54) is 0 Å². The van der Waals surface area contributed by atoms with Gasteiger partial charge in [-0.25, -0.2) is 0 Å². The van der Waals surface area contributed by atoms with Gasteiger partial charge in [0.05, 0.1) is 24.2 Å². The van der Waals surface area contributed by atoms with Crippen molar-refractivity contribution in [2.45, 2.75) is 101 Å². The molecule has 37 heavy (non-hydrogen) atoms. The molecule has 0 fully saturated rings. The van der Waals surface area contributed by atoms with Crippen molar-refractivity contribution in [3.8, 4) is 0 Å². The molecule has 0 saturated heterocycles. The van der Waals surface area contributed by atoms with Crippen LogP contribution in [0.15, 0.2) is 5.16 Å². The molecule has 1 N–H and O–H groups in total. The molecule has 1 heterocycles. The summed E-state index contributed by atoms with van der Waals surface area (Å²) in [6, 6.07) is 0. The normalized spacial score (nSPS) is 17.2. The average molecular weight is 551 g/mol. The zero-order valence-electron chi connectivity index (χ0n) is 24.2. The summed E-state index contributed by atoms with van der Waals surface area (Å²) in [5.74, 6) is -1.31. The van der Waals surface area contributed by atoms with Crippen LogP contribution in [0.5, 0.6) is 0 Å². The molecule has 1 aliphatic heterocycles. The fraction of sp³-hybridized carbons (Fsp3) is 0.840. The first-order valence-electron chi connectivity index (χ1n) is 12.8. The number of carbonyl (C=O) groups is 3. The number of ether oxygens (including phenoxy) is 2. The second-order valence-corrected chi connectivity index (χ2v) is 11.4. The first-order valence-corrected chi connectivity index (χ1v) is 13.9. The van der Waals surface area contributed by atoms with Crippen LogP contribution in [0.25, 0.3) is 0 Å². The fourth-order valence-corrected chi connectivity index (χ4v) is 3.71. The molecule has 0 bridgehead atoms. The van der Waals surface area contributed by atoms with E-state index in [1.807, 2.05) is 41.5 Å². The number of amides is 1. The number of rotatable bonds is 13. The third-order valence-corrected chi connectivity index (χ3v) is 5.81. The summed E-state index contributed by atoms with van der Waals surface area (Å²) in [6.45, 7) is 18.4. The molecule has 0 saturated carbocycles. The molecule has 3 unspecified atom stereocenters. The smallest absolute Gasteiger partial charge is 0.336 e. The first kappa shape index (κ1) is 35.2. The van der Waals surface area contributed by atoms with E-state index in [0.29, 0.717) is 5.71 Å². The Bertz CT molecular complexity index is 733. The van der Waals surface area contributed by atoms with Crippen molar-refractivity contribution in [3.05, 3.63) is 0 Å². The Morgan fingerprint density at radius 2 is 1.76 bits per heavy atom. The van der Waals surface area contributed by atoms with E-state index in [9.17, 15) is 14.4 Å². The van der Waals surface area contributed by atoms with Crippen molar-refractivity contribution in [1.82, 2.24) is 5.32 Å². The quantitative estimate of drug-likeness (QED) is 0.194. The maximum Gasteiger partial charge on any atom is 0.336 e.